The Kier molecular flexibility index (Phi) is 1.85. The van der Waals surface area contributed by atoms with Crippen molar-refractivity contribution in [2.24, 2.45) is 4.99 Å². The number of rotatable bonds is 1. The highest BCUT2D eigenvalue weighted by Crippen LogP contribution is 2.27. The third-order valence-corrected chi connectivity index (χ3v) is 2.12. The van der Waals surface area contributed by atoms with Crippen LogP contribution in [0.5, 0.6) is 0 Å². The van der Waals surface area contributed by atoms with Crippen LogP contribution in [0.4, 0.5) is 0 Å². The average Bonchev–Trinajstić information content (AvgIpc) is 2.50. The van der Waals surface area contributed by atoms with Gasteiger partial charge in [0.2, 0.25) is 0 Å². The molecule has 1 aromatic carbocycles. The van der Waals surface area contributed by atoms with E-state index in [1.165, 1.54) is 16.7 Å². The molecule has 1 aliphatic heterocycles. The van der Waals surface area contributed by atoms with Crippen LogP contribution in [0, 0.1) is 0 Å². The molecule has 2 rings (SSSR count). The predicted octanol–water partition coefficient (Wildman–Crippen LogP) is 3.12. The largest absolute Gasteiger partial charge is 0.256 e. The fraction of sp³-hybridized carbons (Fsp3) is 0.0833. The number of benzene rings is 1. The van der Waals surface area contributed by atoms with Crippen LogP contribution in [-0.2, 0) is 0 Å². The summed E-state index contributed by atoms with van der Waals surface area (Å²) in [5.74, 6) is 0. The van der Waals surface area contributed by atoms with E-state index in [1.807, 2.05) is 25.3 Å². The van der Waals surface area contributed by atoms with Crippen LogP contribution in [0.1, 0.15) is 23.6 Å². The minimum absolute atomic E-state index is 0.865. The summed E-state index contributed by atoms with van der Waals surface area (Å²) in [6, 6.07) is 6.18. The van der Waals surface area contributed by atoms with Crippen LogP contribution in [0.25, 0.3) is 11.8 Å². The Bertz CT molecular complexity index is 411. The van der Waals surface area contributed by atoms with E-state index in [1.54, 1.807) is 0 Å². The summed E-state index contributed by atoms with van der Waals surface area (Å²) in [5, 5.41) is 0. The Morgan fingerprint density at radius 1 is 1.38 bits per heavy atom. The smallest absolute Gasteiger partial charge is 0.0643 e. The second kappa shape index (κ2) is 3.02. The van der Waals surface area contributed by atoms with Gasteiger partial charge in [0.15, 0.2) is 0 Å². The van der Waals surface area contributed by atoms with Crippen LogP contribution in [-0.4, -0.2) is 6.21 Å². The molecule has 0 aromatic heterocycles. The zero-order chi connectivity index (χ0) is 9.26. The number of hydrogen-bond donors (Lipinski definition) is 0. The van der Waals surface area contributed by atoms with Crippen molar-refractivity contribution in [3.05, 3.63) is 47.5 Å². The van der Waals surface area contributed by atoms with E-state index in [9.17, 15) is 0 Å². The van der Waals surface area contributed by atoms with Gasteiger partial charge in [0.05, 0.1) is 5.70 Å². The van der Waals surface area contributed by atoms with Gasteiger partial charge in [0.1, 0.15) is 0 Å². The highest BCUT2D eigenvalue weighted by atomic mass is 14.8. The van der Waals surface area contributed by atoms with E-state index in [2.05, 4.69) is 29.8 Å². The lowest BCUT2D eigenvalue weighted by molar-refractivity contribution is 1.55. The second-order valence-corrected chi connectivity index (χ2v) is 3.02. The molecule has 0 fully saturated rings. The van der Waals surface area contributed by atoms with Gasteiger partial charge in [0, 0.05) is 17.3 Å². The first kappa shape index (κ1) is 7.99. The molecule has 1 nitrogen and oxygen atoms in total. The molecule has 1 heteroatoms. The maximum absolute atomic E-state index is 4.19. The minimum Gasteiger partial charge on any atom is -0.256 e. The zero-order valence-electron chi connectivity index (χ0n) is 7.62. The molecule has 0 unspecified atom stereocenters. The monoisotopic (exact) mass is 169 g/mol. The highest BCUT2D eigenvalue weighted by Gasteiger charge is 2.12. The van der Waals surface area contributed by atoms with Gasteiger partial charge < -0.3 is 0 Å². The molecular weight excluding hydrogens is 158 g/mol. The summed E-state index contributed by atoms with van der Waals surface area (Å²) in [6.07, 6.45) is 5.98. The van der Waals surface area contributed by atoms with Crippen LogP contribution >= 0.6 is 0 Å². The lowest BCUT2D eigenvalue weighted by Crippen LogP contribution is -1.86. The third kappa shape index (κ3) is 1.22. The molecule has 0 atom stereocenters. The highest BCUT2D eigenvalue weighted by molar-refractivity contribution is 5.99. The Labute approximate surface area is 78.1 Å². The number of aliphatic imine (C=N–C) groups is 1. The van der Waals surface area contributed by atoms with Gasteiger partial charge in [-0.25, -0.2) is 0 Å². The fourth-order valence-corrected chi connectivity index (χ4v) is 1.56. The molecule has 1 aromatic rings. The summed E-state index contributed by atoms with van der Waals surface area (Å²) in [7, 11) is 0. The van der Waals surface area contributed by atoms with Crippen molar-refractivity contribution in [3.63, 3.8) is 0 Å². The molecule has 1 aliphatic rings. The van der Waals surface area contributed by atoms with Gasteiger partial charge in [-0.3, -0.25) is 4.99 Å². The normalized spacial score (nSPS) is 14.1. The molecule has 0 N–H and O–H groups in total. The summed E-state index contributed by atoms with van der Waals surface area (Å²) in [5.41, 5.74) is 4.40. The van der Waals surface area contributed by atoms with Crippen LogP contribution < -0.4 is 0 Å². The molecule has 1 heterocycles. The minimum atomic E-state index is 0.865. The molecule has 0 aliphatic carbocycles. The van der Waals surface area contributed by atoms with Crippen LogP contribution in [0.2, 0.25) is 0 Å². The number of allylic oxidation sites excluding steroid dienone is 1. The summed E-state index contributed by atoms with van der Waals surface area (Å²) in [4.78, 5) is 4.19. The first-order chi connectivity index (χ1) is 6.33. The Morgan fingerprint density at radius 2 is 2.23 bits per heavy atom. The van der Waals surface area contributed by atoms with E-state index in [4.69, 9.17) is 0 Å². The average molecular weight is 169 g/mol. The standard InChI is InChI=1S/C12H11N/c1-3-5-10-6-4-7-11-8-13-9(2)12(10)11/h3-8H,2H2,1H3/b5-3-. The third-order valence-electron chi connectivity index (χ3n) is 2.12. The summed E-state index contributed by atoms with van der Waals surface area (Å²) >= 11 is 0. The number of nitrogens with zero attached hydrogens (tertiary/aromatic N) is 1. The number of fused-ring (bicyclic) bond motifs is 1. The molecule has 0 amide bonds. The van der Waals surface area contributed by atoms with Crippen molar-refractivity contribution >= 4 is 18.0 Å². The maximum atomic E-state index is 4.19. The molecule has 0 bridgehead atoms. The second-order valence-electron chi connectivity index (χ2n) is 3.02. The van der Waals surface area contributed by atoms with Crippen LogP contribution in [0.3, 0.4) is 0 Å². The van der Waals surface area contributed by atoms with E-state index >= 15 is 0 Å². The first-order valence-corrected chi connectivity index (χ1v) is 4.32. The lowest BCUT2D eigenvalue weighted by Gasteiger charge is -2.02. The first-order valence-electron chi connectivity index (χ1n) is 4.32. The van der Waals surface area contributed by atoms with Crippen molar-refractivity contribution in [1.82, 2.24) is 0 Å². The van der Waals surface area contributed by atoms with E-state index in [-0.39, 0.29) is 0 Å². The van der Waals surface area contributed by atoms with Gasteiger partial charge >= 0.3 is 0 Å². The van der Waals surface area contributed by atoms with Crippen LogP contribution in [0.15, 0.2) is 35.8 Å². The maximum Gasteiger partial charge on any atom is 0.0643 e. The SMILES string of the molecule is C=C1N=Cc2cccc(/C=C\C)c21. The Morgan fingerprint density at radius 3 is 3.00 bits per heavy atom. The molecule has 0 saturated carbocycles. The van der Waals surface area contributed by atoms with E-state index in [0.717, 1.165) is 5.70 Å². The van der Waals surface area contributed by atoms with Crippen molar-refractivity contribution in [3.8, 4) is 0 Å². The lowest BCUT2D eigenvalue weighted by atomic mass is 10.0. The van der Waals surface area contributed by atoms with Crippen molar-refractivity contribution in [2.45, 2.75) is 6.92 Å². The predicted molar refractivity (Wildman–Crippen MR) is 57.8 cm³/mol. The molecular formula is C12H11N. The molecule has 0 saturated heterocycles. The Balaban J connectivity index is 2.63. The van der Waals surface area contributed by atoms with Crippen molar-refractivity contribution in [1.29, 1.82) is 0 Å². The van der Waals surface area contributed by atoms with Crippen molar-refractivity contribution in [2.75, 3.05) is 0 Å². The molecule has 64 valence electrons. The van der Waals surface area contributed by atoms with Crippen molar-refractivity contribution < 1.29 is 0 Å². The molecule has 0 radical (unpaired) electrons. The van der Waals surface area contributed by atoms with E-state index in [0.29, 0.717) is 0 Å². The van der Waals surface area contributed by atoms with Gasteiger partial charge in [-0.2, -0.15) is 0 Å². The van der Waals surface area contributed by atoms with Gasteiger partial charge in [0.25, 0.3) is 0 Å². The van der Waals surface area contributed by atoms with Gasteiger partial charge in [-0.1, -0.05) is 36.9 Å². The quantitative estimate of drug-likeness (QED) is 0.612. The summed E-state index contributed by atoms with van der Waals surface area (Å²) < 4.78 is 0. The zero-order valence-corrected chi connectivity index (χ0v) is 7.62. The van der Waals surface area contributed by atoms with Gasteiger partial charge in [-0.05, 0) is 12.5 Å². The number of hydrogen-bond acceptors (Lipinski definition) is 1. The topological polar surface area (TPSA) is 12.4 Å². The fourth-order valence-electron chi connectivity index (χ4n) is 1.56. The summed E-state index contributed by atoms with van der Waals surface area (Å²) in [6.45, 7) is 5.92. The molecule has 13 heavy (non-hydrogen) atoms. The Hall–Kier alpha value is -1.63. The van der Waals surface area contributed by atoms with E-state index < -0.39 is 0 Å². The van der Waals surface area contributed by atoms with Gasteiger partial charge in [-0.15, -0.1) is 0 Å². The molecule has 0 spiro atoms.